The second-order valence-corrected chi connectivity index (χ2v) is 7.70. The van der Waals surface area contributed by atoms with Crippen LogP contribution in [-0.4, -0.2) is 43.0 Å². The molecule has 134 valence electrons. The summed E-state index contributed by atoms with van der Waals surface area (Å²) < 4.78 is 5.26. The molecule has 0 aromatic heterocycles. The third-order valence-electron chi connectivity index (χ3n) is 6.35. The predicted molar refractivity (Wildman–Crippen MR) is 94.4 cm³/mol. The Bertz CT molecular complexity index is 664. The highest BCUT2D eigenvalue weighted by Gasteiger charge is 2.47. The summed E-state index contributed by atoms with van der Waals surface area (Å²) >= 11 is 0. The van der Waals surface area contributed by atoms with Crippen molar-refractivity contribution in [2.24, 2.45) is 5.92 Å². The first-order chi connectivity index (χ1) is 12.1. The van der Waals surface area contributed by atoms with Crippen LogP contribution in [0, 0.1) is 5.92 Å². The number of piperidine rings is 1. The number of amides is 2. The minimum Gasteiger partial charge on any atom is -0.497 e. The largest absolute Gasteiger partial charge is 0.497 e. The number of fused-ring (bicyclic) bond motifs is 1. The average molecular weight is 342 g/mol. The fourth-order valence-electron chi connectivity index (χ4n) is 4.91. The van der Waals surface area contributed by atoms with Gasteiger partial charge in [-0.3, -0.25) is 9.59 Å². The lowest BCUT2D eigenvalue weighted by molar-refractivity contribution is -0.139. The van der Waals surface area contributed by atoms with Crippen molar-refractivity contribution in [2.45, 2.75) is 50.0 Å². The molecule has 0 unspecified atom stereocenters. The van der Waals surface area contributed by atoms with Crippen LogP contribution >= 0.6 is 0 Å². The number of hydrogen-bond donors (Lipinski definition) is 1. The number of carbonyl (C=O) groups is 2. The molecule has 1 aliphatic carbocycles. The summed E-state index contributed by atoms with van der Waals surface area (Å²) in [6.45, 7) is 1.43. The lowest BCUT2D eigenvalue weighted by atomic mass is 9.76. The maximum Gasteiger partial charge on any atom is 0.233 e. The Kier molecular flexibility index (Phi) is 4.18. The summed E-state index contributed by atoms with van der Waals surface area (Å²) in [5.41, 5.74) is 0.704. The highest BCUT2D eigenvalue weighted by atomic mass is 16.5. The van der Waals surface area contributed by atoms with Crippen molar-refractivity contribution in [1.82, 2.24) is 10.2 Å². The van der Waals surface area contributed by atoms with Gasteiger partial charge in [0.1, 0.15) is 5.75 Å². The summed E-state index contributed by atoms with van der Waals surface area (Å²) in [5, 5.41) is 3.05. The molecule has 3 aliphatic rings. The molecule has 2 saturated heterocycles. The van der Waals surface area contributed by atoms with E-state index < -0.39 is 5.41 Å². The summed E-state index contributed by atoms with van der Waals surface area (Å²) in [6.07, 6.45) is 5.55. The van der Waals surface area contributed by atoms with E-state index in [0.717, 1.165) is 50.0 Å². The van der Waals surface area contributed by atoms with Gasteiger partial charge in [-0.1, -0.05) is 25.0 Å². The van der Waals surface area contributed by atoms with Crippen LogP contribution < -0.4 is 10.1 Å². The normalized spacial score (nSPS) is 27.7. The summed E-state index contributed by atoms with van der Waals surface area (Å²) in [4.78, 5) is 27.2. The molecule has 5 nitrogen and oxygen atoms in total. The predicted octanol–water partition coefficient (Wildman–Crippen LogP) is 2.24. The highest BCUT2D eigenvalue weighted by Crippen LogP contribution is 2.44. The Hall–Kier alpha value is -2.04. The third kappa shape index (κ3) is 2.79. The van der Waals surface area contributed by atoms with E-state index in [1.54, 1.807) is 7.11 Å². The molecular weight excluding hydrogens is 316 g/mol. The molecule has 1 N–H and O–H groups in total. The molecular formula is C20H26N2O3. The first-order valence-corrected chi connectivity index (χ1v) is 9.36. The Labute approximate surface area is 148 Å². The maximum absolute atomic E-state index is 13.5. The van der Waals surface area contributed by atoms with Gasteiger partial charge in [-0.15, -0.1) is 0 Å². The van der Waals surface area contributed by atoms with Gasteiger partial charge in [-0.2, -0.15) is 0 Å². The Balaban J connectivity index is 1.58. The van der Waals surface area contributed by atoms with Crippen LogP contribution in [0.15, 0.2) is 24.3 Å². The molecule has 3 fully saturated rings. The Morgan fingerprint density at radius 3 is 2.64 bits per heavy atom. The van der Waals surface area contributed by atoms with E-state index in [0.29, 0.717) is 18.9 Å². The van der Waals surface area contributed by atoms with E-state index >= 15 is 0 Å². The number of nitrogens with zero attached hydrogens (tertiary/aromatic N) is 1. The van der Waals surface area contributed by atoms with Gasteiger partial charge >= 0.3 is 0 Å². The average Bonchev–Trinajstić information content (AvgIpc) is 3.27. The van der Waals surface area contributed by atoms with Crippen LogP contribution in [0.1, 0.15) is 44.1 Å². The van der Waals surface area contributed by atoms with Crippen molar-refractivity contribution in [3.05, 3.63) is 29.8 Å². The zero-order chi connectivity index (χ0) is 17.4. The van der Waals surface area contributed by atoms with Gasteiger partial charge in [0.15, 0.2) is 0 Å². The van der Waals surface area contributed by atoms with Crippen LogP contribution in [0.3, 0.4) is 0 Å². The summed E-state index contributed by atoms with van der Waals surface area (Å²) in [7, 11) is 1.66. The number of benzene rings is 1. The topological polar surface area (TPSA) is 58.6 Å². The van der Waals surface area contributed by atoms with Gasteiger partial charge in [0.25, 0.3) is 0 Å². The number of likely N-dealkylation sites (tertiary alicyclic amines) is 1. The zero-order valence-electron chi connectivity index (χ0n) is 14.8. The summed E-state index contributed by atoms with van der Waals surface area (Å²) in [6, 6.07) is 8.13. The SMILES string of the molecule is COc1ccc(C2(C(=O)N3CC[C@@H]4CC(=O)N[C@@H]4C3)CCCC2)cc1. The smallest absolute Gasteiger partial charge is 0.233 e. The van der Waals surface area contributed by atoms with Crippen LogP contribution in [-0.2, 0) is 15.0 Å². The minimum atomic E-state index is -0.401. The molecule has 25 heavy (non-hydrogen) atoms. The molecule has 1 saturated carbocycles. The van der Waals surface area contributed by atoms with Crippen molar-refractivity contribution in [2.75, 3.05) is 20.2 Å². The molecule has 1 aromatic carbocycles. The molecule has 2 heterocycles. The monoisotopic (exact) mass is 342 g/mol. The van der Waals surface area contributed by atoms with E-state index in [1.807, 2.05) is 29.2 Å². The van der Waals surface area contributed by atoms with Crippen LogP contribution in [0.2, 0.25) is 0 Å². The van der Waals surface area contributed by atoms with Gasteiger partial charge in [0, 0.05) is 25.6 Å². The van der Waals surface area contributed by atoms with Crippen LogP contribution in [0.4, 0.5) is 0 Å². The third-order valence-corrected chi connectivity index (χ3v) is 6.35. The Morgan fingerprint density at radius 1 is 1.24 bits per heavy atom. The molecule has 1 aromatic rings. The summed E-state index contributed by atoms with van der Waals surface area (Å²) in [5.74, 6) is 1.60. The first kappa shape index (κ1) is 16.4. The molecule has 0 bridgehead atoms. The highest BCUT2D eigenvalue weighted by molar-refractivity contribution is 5.89. The van der Waals surface area contributed by atoms with Crippen molar-refractivity contribution in [3.63, 3.8) is 0 Å². The van der Waals surface area contributed by atoms with Crippen molar-refractivity contribution >= 4 is 11.8 Å². The van der Waals surface area contributed by atoms with Gasteiger partial charge in [-0.25, -0.2) is 0 Å². The number of methoxy groups -OCH3 is 1. The molecule has 2 amide bonds. The molecule has 5 heteroatoms. The van der Waals surface area contributed by atoms with E-state index in [4.69, 9.17) is 4.74 Å². The molecule has 2 atom stereocenters. The quantitative estimate of drug-likeness (QED) is 0.916. The standard InChI is InChI=1S/C20H26N2O3/c1-25-16-6-4-15(5-7-16)20(9-2-3-10-20)19(24)22-11-8-14-12-18(23)21-17(14)13-22/h4-7,14,17H,2-3,8-13H2,1H3,(H,21,23)/t14-,17-/m1/s1. The number of ether oxygens (including phenoxy) is 1. The van der Waals surface area contributed by atoms with Crippen LogP contribution in [0.5, 0.6) is 5.75 Å². The van der Waals surface area contributed by atoms with E-state index in [1.165, 1.54) is 0 Å². The fourth-order valence-corrected chi connectivity index (χ4v) is 4.91. The number of hydrogen-bond acceptors (Lipinski definition) is 3. The van der Waals surface area contributed by atoms with Gasteiger partial charge < -0.3 is 15.0 Å². The second-order valence-electron chi connectivity index (χ2n) is 7.70. The van der Waals surface area contributed by atoms with E-state index in [9.17, 15) is 9.59 Å². The molecule has 2 aliphatic heterocycles. The number of carbonyl (C=O) groups excluding carboxylic acids is 2. The van der Waals surface area contributed by atoms with Crippen LogP contribution in [0.25, 0.3) is 0 Å². The number of nitrogens with one attached hydrogen (secondary N) is 1. The van der Waals surface area contributed by atoms with Crippen molar-refractivity contribution < 1.29 is 14.3 Å². The lowest BCUT2D eigenvalue weighted by Gasteiger charge is -2.40. The van der Waals surface area contributed by atoms with E-state index in [2.05, 4.69) is 5.32 Å². The lowest BCUT2D eigenvalue weighted by Crippen LogP contribution is -2.54. The maximum atomic E-state index is 13.5. The molecule has 0 spiro atoms. The van der Waals surface area contributed by atoms with Gasteiger partial charge in [0.05, 0.1) is 12.5 Å². The minimum absolute atomic E-state index is 0.134. The fraction of sp³-hybridized carbons (Fsp3) is 0.600. The molecule has 4 rings (SSSR count). The van der Waals surface area contributed by atoms with Gasteiger partial charge in [0.2, 0.25) is 11.8 Å². The number of rotatable bonds is 3. The van der Waals surface area contributed by atoms with Crippen molar-refractivity contribution in [3.8, 4) is 5.75 Å². The molecule has 0 radical (unpaired) electrons. The van der Waals surface area contributed by atoms with E-state index in [-0.39, 0.29) is 17.9 Å². The second kappa shape index (κ2) is 6.36. The first-order valence-electron chi connectivity index (χ1n) is 9.36. The van der Waals surface area contributed by atoms with Crippen molar-refractivity contribution in [1.29, 1.82) is 0 Å². The Morgan fingerprint density at radius 2 is 1.96 bits per heavy atom. The zero-order valence-corrected chi connectivity index (χ0v) is 14.8. The van der Waals surface area contributed by atoms with Gasteiger partial charge in [-0.05, 0) is 42.9 Å².